The lowest BCUT2D eigenvalue weighted by Gasteiger charge is -1.94. The first-order valence-electron chi connectivity index (χ1n) is 5.08. The molecule has 1 amide bonds. The number of carbonyl (C=O) groups excluding carboxylic acids is 1. The molecule has 0 radical (unpaired) electrons. The van der Waals surface area contributed by atoms with Crippen molar-refractivity contribution in [3.05, 3.63) is 54.1 Å². The zero-order chi connectivity index (χ0) is 12.5. The molecule has 1 aromatic rings. The summed E-state index contributed by atoms with van der Waals surface area (Å²) < 4.78 is 0. The normalized spacial score (nSPS) is 10.8. The molecule has 1 aromatic carbocycles. The van der Waals surface area contributed by atoms with E-state index >= 15 is 0 Å². The second-order valence-electron chi connectivity index (χ2n) is 3.24. The Bertz CT molecular complexity index is 435. The van der Waals surface area contributed by atoms with Gasteiger partial charge in [0.1, 0.15) is 6.54 Å². The first-order chi connectivity index (χ1) is 8.18. The Kier molecular flexibility index (Phi) is 5.24. The molecule has 4 nitrogen and oxygen atoms in total. The molecule has 4 heteroatoms. The predicted octanol–water partition coefficient (Wildman–Crippen LogP) is 1.46. The van der Waals surface area contributed by atoms with Crippen LogP contribution in [0.15, 0.2) is 48.6 Å². The molecule has 0 aromatic heterocycles. The van der Waals surface area contributed by atoms with Crippen LogP contribution in [0.2, 0.25) is 0 Å². The average molecular weight is 231 g/mol. The highest BCUT2D eigenvalue weighted by atomic mass is 16.4. The molecule has 0 aliphatic heterocycles. The number of amides is 1. The number of carbonyl (C=O) groups is 2. The zero-order valence-corrected chi connectivity index (χ0v) is 9.17. The summed E-state index contributed by atoms with van der Waals surface area (Å²) in [6.07, 6.45) is 6.41. The summed E-state index contributed by atoms with van der Waals surface area (Å²) >= 11 is 0. The summed E-state index contributed by atoms with van der Waals surface area (Å²) in [6, 6.07) is 9.64. The van der Waals surface area contributed by atoms with Gasteiger partial charge < -0.3 is 10.4 Å². The summed E-state index contributed by atoms with van der Waals surface area (Å²) in [5.74, 6) is -1.49. The van der Waals surface area contributed by atoms with Crippen molar-refractivity contribution in [1.82, 2.24) is 5.32 Å². The Morgan fingerprint density at radius 3 is 2.53 bits per heavy atom. The van der Waals surface area contributed by atoms with Gasteiger partial charge in [0.2, 0.25) is 5.91 Å². The fraction of sp³-hybridized carbons (Fsp3) is 0.0769. The number of rotatable bonds is 5. The van der Waals surface area contributed by atoms with E-state index in [0.29, 0.717) is 0 Å². The first kappa shape index (κ1) is 12.7. The standard InChI is InChI=1S/C13H13NO3/c15-12(14-10-13(16)17)9-5-4-8-11-6-2-1-3-7-11/h1-9H,10H2,(H,14,15)(H,16,17). The molecule has 0 atom stereocenters. The second-order valence-corrected chi connectivity index (χ2v) is 3.24. The van der Waals surface area contributed by atoms with E-state index in [1.54, 1.807) is 12.2 Å². The van der Waals surface area contributed by atoms with Crippen LogP contribution >= 0.6 is 0 Å². The van der Waals surface area contributed by atoms with E-state index in [1.807, 2.05) is 36.4 Å². The van der Waals surface area contributed by atoms with E-state index in [-0.39, 0.29) is 6.54 Å². The molecule has 0 saturated heterocycles. The minimum absolute atomic E-state index is 0.369. The molecule has 0 bridgehead atoms. The smallest absolute Gasteiger partial charge is 0.322 e. The van der Waals surface area contributed by atoms with Crippen LogP contribution in [-0.4, -0.2) is 23.5 Å². The maximum atomic E-state index is 11.1. The number of aliphatic carboxylic acids is 1. The summed E-state index contributed by atoms with van der Waals surface area (Å²) in [6.45, 7) is -0.369. The molecule has 2 N–H and O–H groups in total. The summed E-state index contributed by atoms with van der Waals surface area (Å²) in [4.78, 5) is 21.2. The van der Waals surface area contributed by atoms with Gasteiger partial charge in [0.15, 0.2) is 0 Å². The van der Waals surface area contributed by atoms with Crippen LogP contribution in [0.4, 0.5) is 0 Å². The number of hydrogen-bond acceptors (Lipinski definition) is 2. The van der Waals surface area contributed by atoms with Gasteiger partial charge in [-0.1, -0.05) is 48.6 Å². The zero-order valence-electron chi connectivity index (χ0n) is 9.17. The van der Waals surface area contributed by atoms with E-state index < -0.39 is 11.9 Å². The van der Waals surface area contributed by atoms with Gasteiger partial charge in [-0.05, 0) is 5.56 Å². The lowest BCUT2D eigenvalue weighted by molar-refractivity contribution is -0.137. The van der Waals surface area contributed by atoms with Gasteiger partial charge in [0.25, 0.3) is 0 Å². The maximum Gasteiger partial charge on any atom is 0.322 e. The van der Waals surface area contributed by atoms with Crippen molar-refractivity contribution in [2.45, 2.75) is 0 Å². The van der Waals surface area contributed by atoms with Crippen LogP contribution in [0, 0.1) is 0 Å². The number of carboxylic acid groups (broad SMARTS) is 1. The van der Waals surface area contributed by atoms with E-state index in [2.05, 4.69) is 5.32 Å². The third-order valence-electron chi connectivity index (χ3n) is 1.86. The minimum Gasteiger partial charge on any atom is -0.480 e. The quantitative estimate of drug-likeness (QED) is 0.595. The first-order valence-corrected chi connectivity index (χ1v) is 5.08. The molecule has 0 fully saturated rings. The highest BCUT2D eigenvalue weighted by molar-refractivity contribution is 5.90. The molecule has 1 rings (SSSR count). The van der Waals surface area contributed by atoms with Crippen LogP contribution in [0.5, 0.6) is 0 Å². The van der Waals surface area contributed by atoms with E-state index in [0.717, 1.165) is 5.56 Å². The van der Waals surface area contributed by atoms with Crippen molar-refractivity contribution in [3.8, 4) is 0 Å². The highest BCUT2D eigenvalue weighted by Gasteiger charge is 1.97. The van der Waals surface area contributed by atoms with Gasteiger partial charge in [-0.2, -0.15) is 0 Å². The Balaban J connectivity index is 2.37. The Morgan fingerprint density at radius 2 is 1.88 bits per heavy atom. The number of hydrogen-bond donors (Lipinski definition) is 2. The number of nitrogens with one attached hydrogen (secondary N) is 1. The molecule has 17 heavy (non-hydrogen) atoms. The average Bonchev–Trinajstić information content (AvgIpc) is 2.33. The van der Waals surface area contributed by atoms with Crippen LogP contribution < -0.4 is 5.32 Å². The number of allylic oxidation sites excluding steroid dienone is 2. The topological polar surface area (TPSA) is 66.4 Å². The van der Waals surface area contributed by atoms with Crippen LogP contribution in [0.25, 0.3) is 6.08 Å². The largest absolute Gasteiger partial charge is 0.480 e. The Labute approximate surface area is 99.3 Å². The van der Waals surface area contributed by atoms with E-state index in [4.69, 9.17) is 5.11 Å². The molecule has 0 unspecified atom stereocenters. The van der Waals surface area contributed by atoms with Crippen LogP contribution in [0.1, 0.15) is 5.56 Å². The fourth-order valence-electron chi connectivity index (χ4n) is 1.10. The van der Waals surface area contributed by atoms with Crippen molar-refractivity contribution in [3.63, 3.8) is 0 Å². The minimum atomic E-state index is -1.06. The van der Waals surface area contributed by atoms with E-state index in [1.165, 1.54) is 6.08 Å². The highest BCUT2D eigenvalue weighted by Crippen LogP contribution is 2.00. The number of benzene rings is 1. The van der Waals surface area contributed by atoms with Crippen molar-refractivity contribution >= 4 is 18.0 Å². The summed E-state index contributed by atoms with van der Waals surface area (Å²) in [7, 11) is 0. The van der Waals surface area contributed by atoms with Crippen LogP contribution in [0.3, 0.4) is 0 Å². The fourth-order valence-corrected chi connectivity index (χ4v) is 1.10. The van der Waals surface area contributed by atoms with Gasteiger partial charge in [0.05, 0.1) is 0 Å². The van der Waals surface area contributed by atoms with Crippen molar-refractivity contribution in [2.75, 3.05) is 6.54 Å². The molecule has 0 spiro atoms. The monoisotopic (exact) mass is 231 g/mol. The molecule has 0 saturated carbocycles. The summed E-state index contributed by atoms with van der Waals surface area (Å²) in [5.41, 5.74) is 1.03. The number of carboxylic acids is 1. The molecule has 0 heterocycles. The molecular weight excluding hydrogens is 218 g/mol. The lowest BCUT2D eigenvalue weighted by Crippen LogP contribution is -2.27. The van der Waals surface area contributed by atoms with Gasteiger partial charge >= 0.3 is 5.97 Å². The lowest BCUT2D eigenvalue weighted by atomic mass is 10.2. The SMILES string of the molecule is O=C(O)CNC(=O)C=CC=Cc1ccccc1. The molecule has 88 valence electrons. The maximum absolute atomic E-state index is 11.1. The van der Waals surface area contributed by atoms with Gasteiger partial charge in [-0.3, -0.25) is 9.59 Å². The molecule has 0 aliphatic rings. The summed E-state index contributed by atoms with van der Waals surface area (Å²) in [5, 5.41) is 10.6. The van der Waals surface area contributed by atoms with Crippen molar-refractivity contribution < 1.29 is 14.7 Å². The van der Waals surface area contributed by atoms with Gasteiger partial charge in [-0.15, -0.1) is 0 Å². The van der Waals surface area contributed by atoms with Crippen molar-refractivity contribution in [2.24, 2.45) is 0 Å². The third kappa shape index (κ3) is 5.94. The predicted molar refractivity (Wildman–Crippen MR) is 65.3 cm³/mol. The molecule has 0 aliphatic carbocycles. The van der Waals surface area contributed by atoms with Crippen molar-refractivity contribution in [1.29, 1.82) is 0 Å². The van der Waals surface area contributed by atoms with Gasteiger partial charge in [-0.25, -0.2) is 0 Å². The Morgan fingerprint density at radius 1 is 1.18 bits per heavy atom. The molecular formula is C13H13NO3. The van der Waals surface area contributed by atoms with Crippen LogP contribution in [-0.2, 0) is 9.59 Å². The van der Waals surface area contributed by atoms with Gasteiger partial charge in [0, 0.05) is 6.08 Å². The van der Waals surface area contributed by atoms with E-state index in [9.17, 15) is 9.59 Å². The third-order valence-corrected chi connectivity index (χ3v) is 1.86. The Hall–Kier alpha value is -2.36. The second kappa shape index (κ2) is 7.00.